The molecule has 21 heavy (non-hydrogen) atoms. The summed E-state index contributed by atoms with van der Waals surface area (Å²) in [6, 6.07) is -0.418. The molecule has 0 saturated carbocycles. The van der Waals surface area contributed by atoms with Crippen LogP contribution < -0.4 is 5.32 Å². The molecule has 0 aromatic carbocycles. The SMILES string of the molecule is CSCC[C@H]1NC(=S)N([C@@H]2CCCN(S(C)(=O)=O)C2)C1=O. The first-order chi connectivity index (χ1) is 9.84. The van der Waals surface area contributed by atoms with Crippen molar-refractivity contribution < 1.29 is 13.2 Å². The molecule has 2 saturated heterocycles. The molecule has 0 aromatic heterocycles. The van der Waals surface area contributed by atoms with Gasteiger partial charge in [0.25, 0.3) is 5.91 Å². The molecular formula is C12H21N3O3S3. The number of hydrogen-bond donors (Lipinski definition) is 1. The van der Waals surface area contributed by atoms with E-state index in [1.165, 1.54) is 10.6 Å². The van der Waals surface area contributed by atoms with Crippen molar-refractivity contribution in [1.82, 2.24) is 14.5 Å². The summed E-state index contributed by atoms with van der Waals surface area (Å²) >= 11 is 6.97. The number of carbonyl (C=O) groups excluding carboxylic acids is 1. The van der Waals surface area contributed by atoms with Gasteiger partial charge in [-0.3, -0.25) is 9.69 Å². The van der Waals surface area contributed by atoms with Crippen LogP contribution in [0.1, 0.15) is 19.3 Å². The van der Waals surface area contributed by atoms with Crippen LogP contribution in [-0.2, 0) is 14.8 Å². The van der Waals surface area contributed by atoms with Crippen LogP contribution in [0.5, 0.6) is 0 Å². The molecule has 0 radical (unpaired) electrons. The fraction of sp³-hybridized carbons (Fsp3) is 0.833. The van der Waals surface area contributed by atoms with Crippen LogP contribution in [0, 0.1) is 0 Å². The minimum atomic E-state index is -3.22. The summed E-state index contributed by atoms with van der Waals surface area (Å²) in [6.07, 6.45) is 5.48. The molecule has 2 fully saturated rings. The number of carbonyl (C=O) groups is 1. The Balaban J connectivity index is 2.07. The van der Waals surface area contributed by atoms with Crippen LogP contribution in [0.4, 0.5) is 0 Å². The first kappa shape index (κ1) is 17.0. The number of rotatable bonds is 5. The molecule has 2 heterocycles. The van der Waals surface area contributed by atoms with Crippen LogP contribution in [0.25, 0.3) is 0 Å². The maximum absolute atomic E-state index is 12.5. The molecule has 0 unspecified atom stereocenters. The van der Waals surface area contributed by atoms with Crippen LogP contribution in [0.3, 0.4) is 0 Å². The number of piperidine rings is 1. The number of amides is 1. The Kier molecular flexibility index (Phi) is 5.50. The molecule has 0 bridgehead atoms. The Hall–Kier alpha value is -0.380. The molecular weight excluding hydrogens is 330 g/mol. The van der Waals surface area contributed by atoms with Gasteiger partial charge >= 0.3 is 0 Å². The van der Waals surface area contributed by atoms with Crippen LogP contribution in [0.15, 0.2) is 0 Å². The highest BCUT2D eigenvalue weighted by Gasteiger charge is 2.41. The average molecular weight is 352 g/mol. The van der Waals surface area contributed by atoms with Crippen molar-refractivity contribution in [3.63, 3.8) is 0 Å². The summed E-state index contributed by atoms with van der Waals surface area (Å²) in [5.74, 6) is 0.870. The molecule has 9 heteroatoms. The molecule has 0 aliphatic carbocycles. The smallest absolute Gasteiger partial charge is 0.251 e. The minimum absolute atomic E-state index is 0.0191. The van der Waals surface area contributed by atoms with Crippen molar-refractivity contribution >= 4 is 45.0 Å². The Labute approximate surface area is 135 Å². The summed E-state index contributed by atoms with van der Waals surface area (Å²) in [5.41, 5.74) is 0. The normalized spacial score (nSPS) is 28.0. The van der Waals surface area contributed by atoms with Gasteiger partial charge in [-0.2, -0.15) is 11.8 Å². The van der Waals surface area contributed by atoms with Crippen molar-refractivity contribution in [2.75, 3.05) is 31.4 Å². The topological polar surface area (TPSA) is 69.7 Å². The Bertz CT molecular complexity index is 523. The van der Waals surface area contributed by atoms with Gasteiger partial charge in [0.15, 0.2) is 5.11 Å². The maximum atomic E-state index is 12.5. The van der Waals surface area contributed by atoms with Crippen molar-refractivity contribution in [1.29, 1.82) is 0 Å². The number of thioether (sulfide) groups is 1. The standard InChI is InChI=1S/C12H21N3O3S3/c1-20-7-5-10-11(16)15(12(19)13-10)9-4-3-6-14(8-9)21(2,17)18/h9-10H,3-8H2,1-2H3,(H,13,19)/t9-,10-/m1/s1. The molecule has 1 N–H and O–H groups in total. The van der Waals surface area contributed by atoms with Crippen LogP contribution in [0.2, 0.25) is 0 Å². The van der Waals surface area contributed by atoms with E-state index in [1.54, 1.807) is 16.7 Å². The fourth-order valence-electron chi connectivity index (χ4n) is 2.76. The Morgan fingerprint density at radius 3 is 2.81 bits per heavy atom. The first-order valence-corrected chi connectivity index (χ1v) is 10.6. The van der Waals surface area contributed by atoms with Gasteiger partial charge in [0, 0.05) is 13.1 Å². The predicted molar refractivity (Wildman–Crippen MR) is 88.8 cm³/mol. The molecule has 2 aliphatic rings. The second kappa shape index (κ2) is 6.80. The second-order valence-corrected chi connectivity index (χ2v) is 8.76. The Morgan fingerprint density at radius 1 is 1.48 bits per heavy atom. The zero-order valence-corrected chi connectivity index (χ0v) is 14.7. The van der Waals surface area contributed by atoms with E-state index in [0.29, 0.717) is 18.2 Å². The summed E-state index contributed by atoms with van der Waals surface area (Å²) in [5, 5.41) is 3.50. The molecule has 1 amide bonds. The minimum Gasteiger partial charge on any atom is -0.350 e. The van der Waals surface area contributed by atoms with Crippen LogP contribution in [-0.4, -0.2) is 72.1 Å². The number of thiocarbonyl (C=S) groups is 1. The summed E-state index contributed by atoms with van der Waals surface area (Å²) < 4.78 is 24.8. The van der Waals surface area contributed by atoms with E-state index in [1.807, 2.05) is 6.26 Å². The van der Waals surface area contributed by atoms with E-state index >= 15 is 0 Å². The molecule has 2 rings (SSSR count). The molecule has 2 aliphatic heterocycles. The average Bonchev–Trinajstić information content (AvgIpc) is 2.70. The van der Waals surface area contributed by atoms with E-state index in [4.69, 9.17) is 12.2 Å². The van der Waals surface area contributed by atoms with E-state index in [2.05, 4.69) is 5.32 Å². The predicted octanol–water partition coefficient (Wildman–Crippen LogP) is 0.249. The number of nitrogens with one attached hydrogen (secondary N) is 1. The second-order valence-electron chi connectivity index (χ2n) is 5.41. The third-order valence-corrected chi connectivity index (χ3v) is 6.08. The van der Waals surface area contributed by atoms with E-state index in [9.17, 15) is 13.2 Å². The van der Waals surface area contributed by atoms with Crippen LogP contribution >= 0.6 is 24.0 Å². The van der Waals surface area contributed by atoms with E-state index < -0.39 is 10.0 Å². The highest BCUT2D eigenvalue weighted by Crippen LogP contribution is 2.22. The quantitative estimate of drug-likeness (QED) is 0.716. The monoisotopic (exact) mass is 351 g/mol. The Morgan fingerprint density at radius 2 is 2.19 bits per heavy atom. The number of sulfonamides is 1. The number of hydrogen-bond acceptors (Lipinski definition) is 5. The van der Waals surface area contributed by atoms with Gasteiger partial charge in [-0.05, 0) is 43.5 Å². The van der Waals surface area contributed by atoms with Crippen molar-refractivity contribution in [2.45, 2.75) is 31.3 Å². The molecule has 0 spiro atoms. The lowest BCUT2D eigenvalue weighted by Crippen LogP contribution is -2.51. The van der Waals surface area contributed by atoms with Gasteiger partial charge in [-0.15, -0.1) is 0 Å². The maximum Gasteiger partial charge on any atom is 0.251 e. The van der Waals surface area contributed by atoms with E-state index in [0.717, 1.165) is 25.0 Å². The molecule has 6 nitrogen and oxygen atoms in total. The molecule has 0 aromatic rings. The lowest BCUT2D eigenvalue weighted by molar-refractivity contribution is -0.129. The summed E-state index contributed by atoms with van der Waals surface area (Å²) in [4.78, 5) is 14.1. The largest absolute Gasteiger partial charge is 0.350 e. The molecule has 2 atom stereocenters. The highest BCUT2D eigenvalue weighted by atomic mass is 32.2. The van der Waals surface area contributed by atoms with Gasteiger partial charge in [0.1, 0.15) is 6.04 Å². The van der Waals surface area contributed by atoms with Crippen molar-refractivity contribution in [3.8, 4) is 0 Å². The van der Waals surface area contributed by atoms with Gasteiger partial charge < -0.3 is 5.32 Å². The summed E-state index contributed by atoms with van der Waals surface area (Å²) in [7, 11) is -3.22. The molecule has 120 valence electrons. The fourth-order valence-corrected chi connectivity index (χ4v) is 4.51. The number of nitrogens with zero attached hydrogens (tertiary/aromatic N) is 2. The van der Waals surface area contributed by atoms with Crippen molar-refractivity contribution in [2.24, 2.45) is 0 Å². The lowest BCUT2D eigenvalue weighted by atomic mass is 10.1. The lowest BCUT2D eigenvalue weighted by Gasteiger charge is -2.35. The third-order valence-electron chi connectivity index (χ3n) is 3.86. The first-order valence-electron chi connectivity index (χ1n) is 6.92. The highest BCUT2D eigenvalue weighted by molar-refractivity contribution is 7.98. The zero-order chi connectivity index (χ0) is 15.6. The van der Waals surface area contributed by atoms with Gasteiger partial charge in [0.05, 0.1) is 12.3 Å². The van der Waals surface area contributed by atoms with Gasteiger partial charge in [0.2, 0.25) is 10.0 Å². The van der Waals surface area contributed by atoms with Gasteiger partial charge in [-0.25, -0.2) is 12.7 Å². The van der Waals surface area contributed by atoms with Crippen molar-refractivity contribution in [3.05, 3.63) is 0 Å². The van der Waals surface area contributed by atoms with E-state index in [-0.39, 0.29) is 18.0 Å². The summed E-state index contributed by atoms with van der Waals surface area (Å²) in [6.45, 7) is 0.856. The zero-order valence-electron chi connectivity index (χ0n) is 12.2. The third kappa shape index (κ3) is 3.88. The van der Waals surface area contributed by atoms with Gasteiger partial charge in [-0.1, -0.05) is 0 Å².